The first-order chi connectivity index (χ1) is 11.3. The molecule has 0 saturated carbocycles. The molecule has 0 aliphatic heterocycles. The zero-order valence-electron chi connectivity index (χ0n) is 13.1. The molecule has 1 aromatic heterocycles. The van der Waals surface area contributed by atoms with Crippen LogP contribution in [0.3, 0.4) is 0 Å². The van der Waals surface area contributed by atoms with Crippen molar-refractivity contribution in [2.24, 2.45) is 0 Å². The smallest absolute Gasteiger partial charge is 0.137 e. The standard InChI is InChI=1S/C18H20N4S/c1-23-17-9-7-15(8-10-17)11-20-18(12-22-14-19-13-21-22)16-5-3-2-4-6-16/h2-10,13-14,18,20H,11-12H2,1H3/t18-/m0/s1. The number of hydrogen-bond acceptors (Lipinski definition) is 4. The van der Waals surface area contributed by atoms with Gasteiger partial charge in [-0.05, 0) is 29.5 Å². The van der Waals surface area contributed by atoms with E-state index in [0.29, 0.717) is 0 Å². The van der Waals surface area contributed by atoms with Crippen LogP contribution in [0.4, 0.5) is 0 Å². The van der Waals surface area contributed by atoms with Crippen LogP contribution in [0.2, 0.25) is 0 Å². The summed E-state index contributed by atoms with van der Waals surface area (Å²) in [5, 5.41) is 7.85. The molecule has 0 saturated heterocycles. The van der Waals surface area contributed by atoms with Gasteiger partial charge in [0.2, 0.25) is 0 Å². The Hall–Kier alpha value is -2.11. The predicted molar refractivity (Wildman–Crippen MR) is 94.3 cm³/mol. The summed E-state index contributed by atoms with van der Waals surface area (Å²) >= 11 is 1.76. The molecule has 118 valence electrons. The molecule has 1 atom stereocenters. The lowest BCUT2D eigenvalue weighted by Gasteiger charge is -2.19. The van der Waals surface area contributed by atoms with E-state index in [2.05, 4.69) is 70.2 Å². The van der Waals surface area contributed by atoms with Crippen LogP contribution in [-0.2, 0) is 13.1 Å². The zero-order chi connectivity index (χ0) is 15.9. The molecule has 2 aromatic carbocycles. The summed E-state index contributed by atoms with van der Waals surface area (Å²) in [4.78, 5) is 5.32. The summed E-state index contributed by atoms with van der Waals surface area (Å²) in [6, 6.07) is 19.3. The van der Waals surface area contributed by atoms with E-state index in [1.54, 1.807) is 24.4 Å². The lowest BCUT2D eigenvalue weighted by molar-refractivity contribution is 0.436. The van der Waals surface area contributed by atoms with Gasteiger partial charge in [-0.1, -0.05) is 42.5 Å². The number of benzene rings is 2. The number of thioether (sulfide) groups is 1. The summed E-state index contributed by atoms with van der Waals surface area (Å²) in [5.41, 5.74) is 2.53. The summed E-state index contributed by atoms with van der Waals surface area (Å²) in [6.07, 6.45) is 5.42. The predicted octanol–water partition coefficient (Wildman–Crippen LogP) is 3.53. The topological polar surface area (TPSA) is 42.7 Å². The number of aromatic nitrogens is 3. The van der Waals surface area contributed by atoms with Crippen molar-refractivity contribution in [2.75, 3.05) is 6.26 Å². The molecule has 0 bridgehead atoms. The Balaban J connectivity index is 1.70. The number of rotatable bonds is 7. The zero-order valence-corrected chi connectivity index (χ0v) is 13.9. The molecule has 5 heteroatoms. The molecule has 0 amide bonds. The Labute approximate surface area is 141 Å². The van der Waals surface area contributed by atoms with Crippen molar-refractivity contribution in [2.45, 2.75) is 24.0 Å². The van der Waals surface area contributed by atoms with Gasteiger partial charge in [0.15, 0.2) is 0 Å². The highest BCUT2D eigenvalue weighted by Crippen LogP contribution is 2.17. The van der Waals surface area contributed by atoms with Gasteiger partial charge in [0, 0.05) is 11.4 Å². The average molecular weight is 324 g/mol. The third-order valence-corrected chi connectivity index (χ3v) is 4.49. The van der Waals surface area contributed by atoms with E-state index in [1.807, 2.05) is 10.7 Å². The molecule has 3 rings (SSSR count). The van der Waals surface area contributed by atoms with E-state index in [4.69, 9.17) is 0 Å². The maximum Gasteiger partial charge on any atom is 0.137 e. The molecular formula is C18H20N4S. The summed E-state index contributed by atoms with van der Waals surface area (Å²) in [5.74, 6) is 0. The lowest BCUT2D eigenvalue weighted by atomic mass is 10.1. The Morgan fingerprint density at radius 3 is 2.52 bits per heavy atom. The van der Waals surface area contributed by atoms with Crippen molar-refractivity contribution in [3.63, 3.8) is 0 Å². The van der Waals surface area contributed by atoms with Crippen molar-refractivity contribution in [1.82, 2.24) is 20.1 Å². The quantitative estimate of drug-likeness (QED) is 0.675. The van der Waals surface area contributed by atoms with E-state index in [9.17, 15) is 0 Å². The second kappa shape index (κ2) is 7.94. The molecule has 3 aromatic rings. The molecule has 0 fully saturated rings. The van der Waals surface area contributed by atoms with Crippen molar-refractivity contribution in [3.05, 3.63) is 78.4 Å². The Bertz CT molecular complexity index is 696. The Kier molecular flexibility index (Phi) is 5.45. The van der Waals surface area contributed by atoms with Crippen molar-refractivity contribution in [3.8, 4) is 0 Å². The van der Waals surface area contributed by atoms with Gasteiger partial charge in [-0.3, -0.25) is 4.68 Å². The Morgan fingerprint density at radius 2 is 1.87 bits per heavy atom. The molecule has 23 heavy (non-hydrogen) atoms. The maximum atomic E-state index is 4.22. The minimum absolute atomic E-state index is 0.193. The highest BCUT2D eigenvalue weighted by molar-refractivity contribution is 7.98. The number of nitrogens with zero attached hydrogens (tertiary/aromatic N) is 3. The molecule has 0 unspecified atom stereocenters. The fourth-order valence-corrected chi connectivity index (χ4v) is 2.88. The van der Waals surface area contributed by atoms with Crippen LogP contribution < -0.4 is 5.32 Å². The van der Waals surface area contributed by atoms with Crippen molar-refractivity contribution < 1.29 is 0 Å². The molecule has 0 aliphatic carbocycles. The summed E-state index contributed by atoms with van der Waals surface area (Å²) in [6.45, 7) is 1.58. The van der Waals surface area contributed by atoms with Gasteiger partial charge in [0.05, 0.1) is 12.6 Å². The van der Waals surface area contributed by atoms with Crippen molar-refractivity contribution in [1.29, 1.82) is 0 Å². The maximum absolute atomic E-state index is 4.22. The average Bonchev–Trinajstić information content (AvgIpc) is 3.13. The van der Waals surface area contributed by atoms with E-state index >= 15 is 0 Å². The van der Waals surface area contributed by atoms with Crippen LogP contribution in [0, 0.1) is 0 Å². The molecular weight excluding hydrogens is 304 g/mol. The van der Waals surface area contributed by atoms with E-state index < -0.39 is 0 Å². The molecule has 4 nitrogen and oxygen atoms in total. The van der Waals surface area contributed by atoms with E-state index in [1.165, 1.54) is 16.0 Å². The van der Waals surface area contributed by atoms with Gasteiger partial charge in [-0.2, -0.15) is 5.10 Å². The summed E-state index contributed by atoms with van der Waals surface area (Å²) < 4.78 is 1.86. The van der Waals surface area contributed by atoms with E-state index in [-0.39, 0.29) is 6.04 Å². The van der Waals surface area contributed by atoms with Crippen LogP contribution in [0.15, 0.2) is 72.1 Å². The molecule has 0 radical (unpaired) electrons. The molecule has 0 spiro atoms. The lowest BCUT2D eigenvalue weighted by Crippen LogP contribution is -2.25. The van der Waals surface area contributed by atoms with Gasteiger partial charge in [-0.15, -0.1) is 11.8 Å². The van der Waals surface area contributed by atoms with Crippen LogP contribution >= 0.6 is 11.8 Å². The van der Waals surface area contributed by atoms with Gasteiger partial charge in [-0.25, -0.2) is 4.98 Å². The fraction of sp³-hybridized carbons (Fsp3) is 0.222. The minimum Gasteiger partial charge on any atom is -0.304 e. The van der Waals surface area contributed by atoms with Crippen LogP contribution in [-0.4, -0.2) is 21.0 Å². The number of hydrogen-bond donors (Lipinski definition) is 1. The van der Waals surface area contributed by atoms with Gasteiger partial charge < -0.3 is 5.32 Å². The third kappa shape index (κ3) is 4.43. The normalized spacial score (nSPS) is 12.2. The van der Waals surface area contributed by atoms with Crippen LogP contribution in [0.25, 0.3) is 0 Å². The second-order valence-electron chi connectivity index (χ2n) is 5.31. The highest BCUT2D eigenvalue weighted by atomic mass is 32.2. The van der Waals surface area contributed by atoms with Crippen LogP contribution in [0.1, 0.15) is 17.2 Å². The first-order valence-corrected chi connectivity index (χ1v) is 8.81. The van der Waals surface area contributed by atoms with Crippen LogP contribution in [0.5, 0.6) is 0 Å². The fourth-order valence-electron chi connectivity index (χ4n) is 2.47. The SMILES string of the molecule is CSc1ccc(CN[C@@H](Cn2cncn2)c2ccccc2)cc1. The molecule has 0 aliphatic rings. The van der Waals surface area contributed by atoms with Crippen molar-refractivity contribution >= 4 is 11.8 Å². The monoisotopic (exact) mass is 324 g/mol. The first kappa shape index (κ1) is 15.8. The third-order valence-electron chi connectivity index (χ3n) is 3.75. The number of nitrogens with one attached hydrogen (secondary N) is 1. The van der Waals surface area contributed by atoms with Gasteiger partial charge in [0.25, 0.3) is 0 Å². The first-order valence-electron chi connectivity index (χ1n) is 7.59. The molecule has 1 heterocycles. The Morgan fingerprint density at radius 1 is 1.09 bits per heavy atom. The summed E-state index contributed by atoms with van der Waals surface area (Å²) in [7, 11) is 0. The van der Waals surface area contributed by atoms with Gasteiger partial charge >= 0.3 is 0 Å². The second-order valence-corrected chi connectivity index (χ2v) is 6.19. The van der Waals surface area contributed by atoms with E-state index in [0.717, 1.165) is 13.1 Å². The largest absolute Gasteiger partial charge is 0.304 e. The minimum atomic E-state index is 0.193. The highest BCUT2D eigenvalue weighted by Gasteiger charge is 2.12. The molecule has 1 N–H and O–H groups in total. The van der Waals surface area contributed by atoms with Gasteiger partial charge in [0.1, 0.15) is 12.7 Å².